The molecule has 2 aliphatic rings. The second-order valence-electron chi connectivity index (χ2n) is 3.35. The third-order valence-corrected chi connectivity index (χ3v) is 2.70. The van der Waals surface area contributed by atoms with Crippen LogP contribution in [0.5, 0.6) is 0 Å². The van der Waals surface area contributed by atoms with Crippen LogP contribution in [0.3, 0.4) is 0 Å². The summed E-state index contributed by atoms with van der Waals surface area (Å²) < 4.78 is 0. The van der Waals surface area contributed by atoms with Crippen LogP contribution in [0.1, 0.15) is 6.42 Å². The zero-order valence-electron chi connectivity index (χ0n) is 6.51. The van der Waals surface area contributed by atoms with Gasteiger partial charge in [-0.25, -0.2) is 0 Å². The topological polar surface area (TPSA) is 6.48 Å². The highest BCUT2D eigenvalue weighted by Crippen LogP contribution is 2.23. The predicted molar refractivity (Wildman–Crippen MR) is 41.7 cm³/mol. The summed E-state index contributed by atoms with van der Waals surface area (Å²) in [5, 5.41) is 0. The van der Waals surface area contributed by atoms with E-state index in [1.807, 2.05) is 0 Å². The van der Waals surface area contributed by atoms with Gasteiger partial charge < -0.3 is 4.90 Å². The molecule has 2 heterocycles. The fourth-order valence-corrected chi connectivity index (χ4v) is 1.90. The Labute approximate surface area is 62.1 Å². The summed E-state index contributed by atoms with van der Waals surface area (Å²) in [6, 6.07) is 0.765. The van der Waals surface area contributed by atoms with Crippen LogP contribution in [0.2, 0.25) is 0 Å². The smallest absolute Gasteiger partial charge is 0.0423 e. The van der Waals surface area contributed by atoms with Crippen molar-refractivity contribution in [3.8, 4) is 0 Å². The maximum absolute atomic E-state index is 4.02. The Morgan fingerprint density at radius 3 is 3.20 bits per heavy atom. The van der Waals surface area contributed by atoms with Gasteiger partial charge in [-0.1, -0.05) is 6.58 Å². The number of hydrogen-bond acceptors (Lipinski definition) is 2. The molecule has 0 aromatic carbocycles. The van der Waals surface area contributed by atoms with Crippen LogP contribution in [0.15, 0.2) is 12.3 Å². The molecule has 2 unspecified atom stereocenters. The standard InChI is InChI=1S/C8H14N2/c1-7-5-10-4-3-8(6-10)9(7)2/h8H,1,3-6H2,2H3. The van der Waals surface area contributed by atoms with E-state index in [1.165, 1.54) is 25.2 Å². The van der Waals surface area contributed by atoms with E-state index >= 15 is 0 Å². The van der Waals surface area contributed by atoms with Crippen molar-refractivity contribution in [1.82, 2.24) is 9.80 Å². The Hall–Kier alpha value is -0.500. The first-order valence-corrected chi connectivity index (χ1v) is 3.90. The number of hydrogen-bond donors (Lipinski definition) is 0. The van der Waals surface area contributed by atoms with Crippen LogP contribution in [-0.2, 0) is 0 Å². The maximum atomic E-state index is 4.02. The molecule has 2 nitrogen and oxygen atoms in total. The monoisotopic (exact) mass is 138 g/mol. The predicted octanol–water partition coefficient (Wildman–Crippen LogP) is 0.520. The van der Waals surface area contributed by atoms with E-state index < -0.39 is 0 Å². The third-order valence-electron chi connectivity index (χ3n) is 2.70. The molecule has 2 fully saturated rings. The van der Waals surface area contributed by atoms with E-state index in [-0.39, 0.29) is 0 Å². The van der Waals surface area contributed by atoms with Crippen LogP contribution in [0.25, 0.3) is 0 Å². The maximum Gasteiger partial charge on any atom is 0.0423 e. The molecule has 0 aliphatic carbocycles. The Morgan fingerprint density at radius 1 is 1.60 bits per heavy atom. The molecule has 0 N–H and O–H groups in total. The fraction of sp³-hybridized carbons (Fsp3) is 0.750. The van der Waals surface area contributed by atoms with Gasteiger partial charge in [-0.3, -0.25) is 4.90 Å². The summed E-state index contributed by atoms with van der Waals surface area (Å²) >= 11 is 0. The van der Waals surface area contributed by atoms with Crippen molar-refractivity contribution >= 4 is 0 Å². The second-order valence-corrected chi connectivity index (χ2v) is 3.35. The van der Waals surface area contributed by atoms with Gasteiger partial charge in [-0.15, -0.1) is 0 Å². The molecule has 2 heteroatoms. The van der Waals surface area contributed by atoms with Crippen molar-refractivity contribution in [3.05, 3.63) is 12.3 Å². The molecule has 0 radical (unpaired) electrons. The SMILES string of the molecule is C=C1CN2CCC(C2)N1C. The van der Waals surface area contributed by atoms with E-state index in [1.54, 1.807) is 0 Å². The van der Waals surface area contributed by atoms with E-state index in [4.69, 9.17) is 0 Å². The van der Waals surface area contributed by atoms with Gasteiger partial charge in [0, 0.05) is 38.4 Å². The molecular formula is C8H14N2. The minimum Gasteiger partial charge on any atom is -0.373 e. The molecular weight excluding hydrogens is 124 g/mol. The largest absolute Gasteiger partial charge is 0.373 e. The van der Waals surface area contributed by atoms with Gasteiger partial charge in [0.2, 0.25) is 0 Å². The van der Waals surface area contributed by atoms with Crippen LogP contribution in [0, 0.1) is 0 Å². The zero-order valence-corrected chi connectivity index (χ0v) is 6.51. The lowest BCUT2D eigenvalue weighted by Gasteiger charge is -2.34. The molecule has 0 saturated carbocycles. The van der Waals surface area contributed by atoms with E-state index in [2.05, 4.69) is 23.4 Å². The van der Waals surface area contributed by atoms with Crippen molar-refractivity contribution in [3.63, 3.8) is 0 Å². The van der Waals surface area contributed by atoms with Gasteiger partial charge in [0.05, 0.1) is 0 Å². The number of piperazine rings is 1. The van der Waals surface area contributed by atoms with E-state index in [0.29, 0.717) is 0 Å². The Bertz CT molecular complexity index is 165. The van der Waals surface area contributed by atoms with Crippen molar-refractivity contribution in [1.29, 1.82) is 0 Å². The lowest BCUT2D eigenvalue weighted by atomic mass is 10.2. The minimum atomic E-state index is 0.765. The number of fused-ring (bicyclic) bond motifs is 2. The highest BCUT2D eigenvalue weighted by atomic mass is 15.3. The fourth-order valence-electron chi connectivity index (χ4n) is 1.90. The molecule has 0 aromatic rings. The molecule has 0 aromatic heterocycles. The first-order chi connectivity index (χ1) is 4.77. The van der Waals surface area contributed by atoms with E-state index in [0.717, 1.165) is 12.6 Å². The highest BCUT2D eigenvalue weighted by Gasteiger charge is 2.31. The summed E-state index contributed by atoms with van der Waals surface area (Å²) in [6.45, 7) is 7.64. The molecule has 2 atom stereocenters. The van der Waals surface area contributed by atoms with Gasteiger partial charge in [0.25, 0.3) is 0 Å². The van der Waals surface area contributed by atoms with Crippen molar-refractivity contribution in [2.45, 2.75) is 12.5 Å². The first kappa shape index (κ1) is 6.23. The Balaban J connectivity index is 2.17. The average molecular weight is 138 g/mol. The second kappa shape index (κ2) is 1.99. The van der Waals surface area contributed by atoms with Crippen molar-refractivity contribution in [2.75, 3.05) is 26.7 Å². The van der Waals surface area contributed by atoms with Gasteiger partial charge in [-0.05, 0) is 6.42 Å². The average Bonchev–Trinajstić information content (AvgIpc) is 2.29. The van der Waals surface area contributed by atoms with Crippen LogP contribution < -0.4 is 0 Å². The molecule has 2 aliphatic heterocycles. The summed E-state index contributed by atoms with van der Waals surface area (Å²) in [5.41, 5.74) is 1.29. The third kappa shape index (κ3) is 0.754. The number of likely N-dealkylation sites (N-methyl/N-ethyl adjacent to an activating group) is 1. The van der Waals surface area contributed by atoms with Crippen LogP contribution >= 0.6 is 0 Å². The summed E-state index contributed by atoms with van der Waals surface area (Å²) in [5.74, 6) is 0. The molecule has 56 valence electrons. The molecule has 0 amide bonds. The summed E-state index contributed by atoms with van der Waals surface area (Å²) in [7, 11) is 2.16. The normalized spacial score (nSPS) is 38.9. The van der Waals surface area contributed by atoms with Crippen molar-refractivity contribution < 1.29 is 0 Å². The lowest BCUT2D eigenvalue weighted by molar-refractivity contribution is 0.216. The number of nitrogens with zero attached hydrogens (tertiary/aromatic N) is 2. The Kier molecular flexibility index (Phi) is 1.24. The molecule has 2 rings (SSSR count). The Morgan fingerprint density at radius 2 is 2.40 bits per heavy atom. The summed E-state index contributed by atoms with van der Waals surface area (Å²) in [4.78, 5) is 4.82. The molecule has 2 saturated heterocycles. The van der Waals surface area contributed by atoms with Gasteiger partial charge in [-0.2, -0.15) is 0 Å². The zero-order chi connectivity index (χ0) is 7.14. The quantitative estimate of drug-likeness (QED) is 0.481. The van der Waals surface area contributed by atoms with Crippen LogP contribution in [-0.4, -0.2) is 42.5 Å². The number of rotatable bonds is 0. The van der Waals surface area contributed by atoms with Crippen molar-refractivity contribution in [2.24, 2.45) is 0 Å². The first-order valence-electron chi connectivity index (χ1n) is 3.90. The van der Waals surface area contributed by atoms with Crippen LogP contribution in [0.4, 0.5) is 0 Å². The minimum absolute atomic E-state index is 0.765. The highest BCUT2D eigenvalue weighted by molar-refractivity contribution is 5.06. The molecule has 10 heavy (non-hydrogen) atoms. The molecule has 2 bridgehead atoms. The van der Waals surface area contributed by atoms with Gasteiger partial charge in [0.1, 0.15) is 0 Å². The van der Waals surface area contributed by atoms with Gasteiger partial charge >= 0.3 is 0 Å². The lowest BCUT2D eigenvalue weighted by Crippen LogP contribution is -2.42. The molecule has 0 spiro atoms. The van der Waals surface area contributed by atoms with E-state index in [9.17, 15) is 0 Å². The van der Waals surface area contributed by atoms with Gasteiger partial charge in [0.15, 0.2) is 0 Å². The summed E-state index contributed by atoms with van der Waals surface area (Å²) in [6.07, 6.45) is 1.33.